The van der Waals surface area contributed by atoms with Gasteiger partial charge in [-0.2, -0.15) is 0 Å². The van der Waals surface area contributed by atoms with E-state index in [4.69, 9.17) is 33.8 Å². The molecule has 0 spiro atoms. The van der Waals surface area contributed by atoms with Crippen LogP contribution in [-0.4, -0.2) is 34.9 Å². The normalized spacial score (nSPS) is 17.9. The Morgan fingerprint density at radius 3 is 2.52 bits per heavy atom. The van der Waals surface area contributed by atoms with Crippen molar-refractivity contribution in [3.8, 4) is 0 Å². The predicted octanol–water partition coefficient (Wildman–Crippen LogP) is 4.13. The highest BCUT2D eigenvalue weighted by atomic mass is 35.5. The average Bonchev–Trinajstić information content (AvgIpc) is 2.73. The molecule has 7 nitrogen and oxygen atoms in total. The molecule has 0 bridgehead atoms. The van der Waals surface area contributed by atoms with E-state index < -0.39 is 17.4 Å². The molecule has 0 aromatic heterocycles. The van der Waals surface area contributed by atoms with Gasteiger partial charge in [0.05, 0.1) is 5.87 Å². The van der Waals surface area contributed by atoms with E-state index in [1.165, 1.54) is 4.90 Å². The number of benzene rings is 2. The zero-order chi connectivity index (χ0) is 22.6. The van der Waals surface area contributed by atoms with Gasteiger partial charge in [0, 0.05) is 15.7 Å². The molecule has 3 N–H and O–H groups in total. The second kappa shape index (κ2) is 9.43. The summed E-state index contributed by atoms with van der Waals surface area (Å²) in [6.45, 7) is 3.36. The van der Waals surface area contributed by atoms with E-state index in [1.807, 2.05) is 25.1 Å². The summed E-state index contributed by atoms with van der Waals surface area (Å²) in [5.41, 5.74) is -0.0866. The Morgan fingerprint density at radius 2 is 1.94 bits per heavy atom. The number of carbonyl (C=O) groups is 2. The molecule has 2 unspecified atom stereocenters. The fraction of sp³-hybridized carbons (Fsp3) is 0.273. The number of nitrogens with one attached hydrogen (secondary N) is 1. The maximum absolute atomic E-state index is 13.6. The maximum atomic E-state index is 13.6. The van der Waals surface area contributed by atoms with Crippen LogP contribution in [0.3, 0.4) is 0 Å². The van der Waals surface area contributed by atoms with Crippen LogP contribution in [0.5, 0.6) is 0 Å². The van der Waals surface area contributed by atoms with Gasteiger partial charge in [-0.05, 0) is 37.1 Å². The molecule has 2 aromatic carbocycles. The average molecular weight is 461 g/mol. The van der Waals surface area contributed by atoms with Crippen molar-refractivity contribution in [1.29, 1.82) is 0 Å². The SMILES string of the molecule is CCC(C)(C(=O)Nc1cc(Cl)cc(Cl)c1)N1COC(=C=NN)C(c2ccccc2)C1=O. The first kappa shape index (κ1) is 22.7. The van der Waals surface area contributed by atoms with Gasteiger partial charge in [0.15, 0.2) is 12.5 Å². The summed E-state index contributed by atoms with van der Waals surface area (Å²) >= 11 is 12.1. The molecule has 1 heterocycles. The Balaban J connectivity index is 1.95. The van der Waals surface area contributed by atoms with Crippen LogP contribution < -0.4 is 11.2 Å². The number of amides is 2. The van der Waals surface area contributed by atoms with Crippen LogP contribution in [0.1, 0.15) is 31.7 Å². The summed E-state index contributed by atoms with van der Waals surface area (Å²) in [5, 5.41) is 6.98. The number of hydrogen-bond acceptors (Lipinski definition) is 5. The van der Waals surface area contributed by atoms with Crippen molar-refractivity contribution in [3.05, 3.63) is 69.9 Å². The summed E-state index contributed by atoms with van der Waals surface area (Å²) in [6.07, 6.45) is 0.341. The lowest BCUT2D eigenvalue weighted by Gasteiger charge is -2.43. The molecular weight excluding hydrogens is 439 g/mol. The lowest BCUT2D eigenvalue weighted by Crippen LogP contribution is -2.60. The summed E-state index contributed by atoms with van der Waals surface area (Å²) in [6, 6.07) is 13.8. The number of nitrogens with two attached hydrogens (primary N) is 1. The lowest BCUT2D eigenvalue weighted by molar-refractivity contribution is -0.158. The lowest BCUT2D eigenvalue weighted by atomic mass is 9.89. The first-order valence-electron chi connectivity index (χ1n) is 9.59. The molecule has 162 valence electrons. The number of hydrazone groups is 1. The largest absolute Gasteiger partial charge is 0.466 e. The minimum atomic E-state index is -1.20. The molecular formula is C22H22Cl2N4O3. The quantitative estimate of drug-likeness (QED) is 0.398. The summed E-state index contributed by atoms with van der Waals surface area (Å²) in [7, 11) is 0. The first-order valence-corrected chi connectivity index (χ1v) is 10.3. The van der Waals surface area contributed by atoms with Gasteiger partial charge in [0.25, 0.3) is 0 Å². The van der Waals surface area contributed by atoms with Crippen LogP contribution >= 0.6 is 23.2 Å². The standard InChI is InChI=1S/C22H22Cl2N4O3/c1-3-22(2,21(30)27-17-10-15(23)9-16(24)11-17)28-13-31-18(12-26-25)19(20(28)29)14-7-5-4-6-8-14/h4-11,19H,3,13,25H2,1-2H3,(H,27,30). The molecule has 9 heteroatoms. The number of anilines is 1. The molecule has 1 saturated heterocycles. The van der Waals surface area contributed by atoms with Crippen LogP contribution in [0.25, 0.3) is 0 Å². The molecule has 3 rings (SSSR count). The zero-order valence-electron chi connectivity index (χ0n) is 17.1. The Bertz CT molecular complexity index is 1030. The zero-order valence-corrected chi connectivity index (χ0v) is 18.6. The number of ether oxygens (including phenoxy) is 1. The van der Waals surface area contributed by atoms with Crippen molar-refractivity contribution < 1.29 is 14.3 Å². The van der Waals surface area contributed by atoms with Gasteiger partial charge in [-0.25, -0.2) is 0 Å². The molecule has 0 aliphatic carbocycles. The van der Waals surface area contributed by atoms with Gasteiger partial charge in [0.2, 0.25) is 11.8 Å². The van der Waals surface area contributed by atoms with Crippen molar-refractivity contribution >= 4 is 46.6 Å². The van der Waals surface area contributed by atoms with Crippen molar-refractivity contribution in [1.82, 2.24) is 4.90 Å². The minimum absolute atomic E-state index is 0.145. The van der Waals surface area contributed by atoms with E-state index in [1.54, 1.807) is 37.3 Å². The molecule has 0 radical (unpaired) electrons. The second-order valence-corrected chi connectivity index (χ2v) is 8.10. The van der Waals surface area contributed by atoms with Gasteiger partial charge in [-0.15, -0.1) is 5.10 Å². The monoisotopic (exact) mass is 460 g/mol. The molecule has 1 fully saturated rings. The van der Waals surface area contributed by atoms with E-state index in [-0.39, 0.29) is 18.4 Å². The highest BCUT2D eigenvalue weighted by Gasteiger charge is 2.47. The number of rotatable bonds is 5. The highest BCUT2D eigenvalue weighted by molar-refractivity contribution is 6.35. The predicted molar refractivity (Wildman–Crippen MR) is 121 cm³/mol. The van der Waals surface area contributed by atoms with E-state index in [0.29, 0.717) is 27.7 Å². The Hall–Kier alpha value is -2.99. The number of nitrogens with zero attached hydrogens (tertiary/aromatic N) is 2. The topological polar surface area (TPSA) is 97.0 Å². The van der Waals surface area contributed by atoms with Crippen molar-refractivity contribution in [3.63, 3.8) is 0 Å². The smallest absolute Gasteiger partial charge is 0.250 e. The number of halogens is 2. The molecule has 2 amide bonds. The van der Waals surface area contributed by atoms with Crippen molar-refractivity contribution in [2.75, 3.05) is 12.0 Å². The van der Waals surface area contributed by atoms with Gasteiger partial charge >= 0.3 is 0 Å². The molecule has 1 aliphatic heterocycles. The fourth-order valence-corrected chi connectivity index (χ4v) is 3.93. The van der Waals surface area contributed by atoms with Crippen molar-refractivity contribution in [2.24, 2.45) is 10.9 Å². The third-order valence-electron chi connectivity index (χ3n) is 5.33. The van der Waals surface area contributed by atoms with Gasteiger partial charge in [-0.1, -0.05) is 60.5 Å². The molecule has 2 atom stereocenters. The van der Waals surface area contributed by atoms with E-state index in [0.717, 1.165) is 0 Å². The van der Waals surface area contributed by atoms with Crippen LogP contribution in [0, 0.1) is 0 Å². The Kier molecular flexibility index (Phi) is 6.91. The Labute approximate surface area is 190 Å². The van der Waals surface area contributed by atoms with Gasteiger partial charge in [0.1, 0.15) is 11.5 Å². The second-order valence-electron chi connectivity index (χ2n) is 7.23. The Morgan fingerprint density at radius 1 is 1.29 bits per heavy atom. The van der Waals surface area contributed by atoms with Gasteiger partial charge < -0.3 is 15.9 Å². The first-order chi connectivity index (χ1) is 14.8. The van der Waals surface area contributed by atoms with E-state index >= 15 is 0 Å². The molecule has 31 heavy (non-hydrogen) atoms. The highest BCUT2D eigenvalue weighted by Crippen LogP contribution is 2.35. The molecule has 2 aromatic rings. The van der Waals surface area contributed by atoms with E-state index in [2.05, 4.69) is 16.3 Å². The van der Waals surface area contributed by atoms with Gasteiger partial charge in [-0.3, -0.25) is 14.5 Å². The molecule has 0 saturated carbocycles. The summed E-state index contributed by atoms with van der Waals surface area (Å²) < 4.78 is 5.77. The van der Waals surface area contributed by atoms with Crippen molar-refractivity contribution in [2.45, 2.75) is 31.7 Å². The third kappa shape index (κ3) is 4.69. The van der Waals surface area contributed by atoms with Crippen LogP contribution in [-0.2, 0) is 14.3 Å². The van der Waals surface area contributed by atoms with Crippen LogP contribution in [0.4, 0.5) is 5.69 Å². The maximum Gasteiger partial charge on any atom is 0.250 e. The van der Waals surface area contributed by atoms with Crippen LogP contribution in [0.2, 0.25) is 10.0 Å². The summed E-state index contributed by atoms with van der Waals surface area (Å²) in [5.74, 6) is 6.49. The van der Waals surface area contributed by atoms with Crippen LogP contribution in [0.15, 0.2) is 59.4 Å². The fourth-order valence-electron chi connectivity index (χ4n) is 3.40. The molecule has 1 aliphatic rings. The number of carbonyl (C=O) groups excluding carboxylic acids is 2. The van der Waals surface area contributed by atoms with E-state index in [9.17, 15) is 9.59 Å². The number of hydrogen-bond donors (Lipinski definition) is 2. The minimum Gasteiger partial charge on any atom is -0.466 e. The summed E-state index contributed by atoms with van der Waals surface area (Å²) in [4.78, 5) is 28.2. The third-order valence-corrected chi connectivity index (χ3v) is 5.76.